The third-order valence-electron chi connectivity index (χ3n) is 7.77. The van der Waals surface area contributed by atoms with Crippen molar-refractivity contribution in [2.24, 2.45) is 17.3 Å². The maximum Gasteiger partial charge on any atom is 0.262 e. The Morgan fingerprint density at radius 1 is 1.10 bits per heavy atom. The number of amides is 3. The zero-order valence-corrected chi connectivity index (χ0v) is 25.1. The lowest BCUT2D eigenvalue weighted by Gasteiger charge is -2.37. The summed E-state index contributed by atoms with van der Waals surface area (Å²) in [4.78, 5) is 44.6. The number of anilines is 2. The summed E-state index contributed by atoms with van der Waals surface area (Å²) < 4.78 is 30.4. The molecule has 3 aliphatic heterocycles. The van der Waals surface area contributed by atoms with Gasteiger partial charge in [0, 0.05) is 45.3 Å². The van der Waals surface area contributed by atoms with Crippen LogP contribution in [-0.4, -0.2) is 52.9 Å². The van der Waals surface area contributed by atoms with E-state index in [2.05, 4.69) is 5.32 Å². The van der Waals surface area contributed by atoms with Crippen LogP contribution in [0.4, 0.5) is 20.2 Å². The smallest absolute Gasteiger partial charge is 0.262 e. The first-order valence-corrected chi connectivity index (χ1v) is 14.2. The first kappa shape index (κ1) is 30.3. The van der Waals surface area contributed by atoms with E-state index in [0.717, 1.165) is 0 Å². The average molecular weight is 650 g/mol. The van der Waals surface area contributed by atoms with Crippen molar-refractivity contribution in [3.8, 4) is 0 Å². The number of rotatable bonds is 4. The van der Waals surface area contributed by atoms with Crippen molar-refractivity contribution < 1.29 is 28.4 Å². The Labute approximate surface area is 254 Å². The Hall–Kier alpha value is -2.21. The van der Waals surface area contributed by atoms with Gasteiger partial charge in [-0.2, -0.15) is 0 Å². The van der Waals surface area contributed by atoms with E-state index in [1.54, 1.807) is 5.48 Å². The summed E-state index contributed by atoms with van der Waals surface area (Å²) in [5.74, 6) is -9.10. The average Bonchev–Trinajstić information content (AvgIpc) is 3.41. The molecule has 4 atom stereocenters. The van der Waals surface area contributed by atoms with Crippen molar-refractivity contribution in [3.05, 3.63) is 56.0 Å². The maximum absolute atomic E-state index is 15.2. The molecule has 0 bridgehead atoms. The van der Waals surface area contributed by atoms with Crippen LogP contribution in [0, 0.1) is 17.3 Å². The summed E-state index contributed by atoms with van der Waals surface area (Å²) in [6, 6.07) is 5.94. The van der Waals surface area contributed by atoms with Crippen LogP contribution in [-0.2, 0) is 19.9 Å². The number of carbonyl (C=O) groups excluding carboxylic acids is 3. The zero-order valence-electron chi connectivity index (χ0n) is 22.1. The lowest BCUT2D eigenvalue weighted by molar-refractivity contribution is -0.146. The van der Waals surface area contributed by atoms with Gasteiger partial charge in [-0.15, -0.1) is 0 Å². The fourth-order valence-corrected chi connectivity index (χ4v) is 7.57. The number of fused-ring (bicyclic) bond motifs is 4. The Morgan fingerprint density at radius 3 is 2.29 bits per heavy atom. The molecule has 41 heavy (non-hydrogen) atoms. The molecule has 14 heteroatoms. The third kappa shape index (κ3) is 4.96. The fraction of sp³-hybridized carbons (Fsp3) is 0.444. The van der Waals surface area contributed by atoms with Gasteiger partial charge in [-0.3, -0.25) is 24.5 Å². The van der Waals surface area contributed by atoms with Crippen molar-refractivity contribution in [2.75, 3.05) is 23.3 Å². The second kappa shape index (κ2) is 10.2. The first-order valence-electron chi connectivity index (χ1n) is 12.7. The number of hydrogen-bond acceptors (Lipinski definition) is 5. The van der Waals surface area contributed by atoms with E-state index in [-0.39, 0.29) is 43.6 Å². The minimum absolute atomic E-state index is 0.0288. The van der Waals surface area contributed by atoms with Gasteiger partial charge in [0.25, 0.3) is 11.8 Å². The molecule has 3 heterocycles. The molecule has 0 aromatic heterocycles. The molecule has 0 aliphatic carbocycles. The number of nitrogens with zero attached hydrogens (tertiary/aromatic N) is 2. The lowest BCUT2D eigenvalue weighted by atomic mass is 9.72. The molecule has 2 aromatic carbocycles. The van der Waals surface area contributed by atoms with E-state index in [9.17, 15) is 19.6 Å². The third-order valence-corrected chi connectivity index (χ3v) is 8.72. The summed E-state index contributed by atoms with van der Waals surface area (Å²) in [6.45, 7) is 4.77. The predicted molar refractivity (Wildman–Crippen MR) is 152 cm³/mol. The number of benzene rings is 2. The monoisotopic (exact) mass is 648 g/mol. The molecular formula is C27H26Cl4F2N4O4. The summed E-state index contributed by atoms with van der Waals surface area (Å²) in [5, 5.41) is 13.0. The Morgan fingerprint density at radius 2 is 1.71 bits per heavy atom. The van der Waals surface area contributed by atoms with Crippen molar-refractivity contribution in [1.29, 1.82) is 0 Å². The molecule has 220 valence electrons. The van der Waals surface area contributed by atoms with E-state index >= 15 is 8.78 Å². The van der Waals surface area contributed by atoms with Crippen molar-refractivity contribution in [2.45, 2.75) is 44.7 Å². The molecule has 3 N–H and O–H groups in total. The van der Waals surface area contributed by atoms with Gasteiger partial charge in [0.15, 0.2) is 0 Å². The van der Waals surface area contributed by atoms with Crippen LogP contribution in [0.15, 0.2) is 30.3 Å². The zero-order chi connectivity index (χ0) is 30.2. The second-order valence-electron chi connectivity index (χ2n) is 11.9. The van der Waals surface area contributed by atoms with Gasteiger partial charge in [-0.05, 0) is 35.7 Å². The predicted octanol–water partition coefficient (Wildman–Crippen LogP) is 5.99. The van der Waals surface area contributed by atoms with Gasteiger partial charge in [0.2, 0.25) is 11.8 Å². The largest absolute Gasteiger partial charge is 0.323 e. The van der Waals surface area contributed by atoms with Crippen LogP contribution in [0.1, 0.15) is 32.8 Å². The Kier molecular flexibility index (Phi) is 7.53. The second-order valence-corrected chi connectivity index (χ2v) is 13.6. The number of hydrogen-bond donors (Lipinski definition) is 3. The summed E-state index contributed by atoms with van der Waals surface area (Å²) in [6.07, 6.45) is -0.809. The summed E-state index contributed by atoms with van der Waals surface area (Å²) >= 11 is 25.2. The Bertz CT molecular complexity index is 1450. The number of nitrogens with one attached hydrogen (secondary N) is 2. The quantitative estimate of drug-likeness (QED) is 0.279. The number of alkyl halides is 2. The van der Waals surface area contributed by atoms with Gasteiger partial charge in [0.05, 0.1) is 29.1 Å². The molecule has 5 rings (SSSR count). The van der Waals surface area contributed by atoms with E-state index in [1.165, 1.54) is 40.1 Å². The van der Waals surface area contributed by atoms with Crippen LogP contribution in [0.2, 0.25) is 20.1 Å². The van der Waals surface area contributed by atoms with Crippen LogP contribution in [0.25, 0.3) is 0 Å². The number of carbonyl (C=O) groups is 3. The van der Waals surface area contributed by atoms with Crippen molar-refractivity contribution in [3.63, 3.8) is 0 Å². The molecule has 2 aromatic rings. The van der Waals surface area contributed by atoms with E-state index < -0.39 is 65.4 Å². The lowest BCUT2D eigenvalue weighted by Crippen LogP contribution is -2.56. The van der Waals surface area contributed by atoms with Gasteiger partial charge in [-0.1, -0.05) is 67.2 Å². The van der Waals surface area contributed by atoms with Crippen molar-refractivity contribution in [1.82, 2.24) is 10.4 Å². The van der Waals surface area contributed by atoms with Crippen molar-refractivity contribution >= 4 is 75.5 Å². The molecule has 0 saturated carbocycles. The number of halogens is 6. The van der Waals surface area contributed by atoms with Crippen LogP contribution < -0.4 is 15.7 Å². The SMILES string of the molecule is CC(C)(C)CN(C(=O)C1C2CC(F)(F)CN2C2(C(=O)Nc3c(Cl)cc(Cl)cc32)C1C(=O)NO)c1cc(Cl)cc(Cl)c1. The highest BCUT2D eigenvalue weighted by atomic mass is 35.5. The van der Waals surface area contributed by atoms with Crippen LogP contribution >= 0.6 is 46.4 Å². The molecule has 2 fully saturated rings. The van der Waals surface area contributed by atoms with Gasteiger partial charge in [-0.25, -0.2) is 14.3 Å². The van der Waals surface area contributed by atoms with Crippen LogP contribution in [0.5, 0.6) is 0 Å². The molecule has 8 nitrogen and oxygen atoms in total. The van der Waals surface area contributed by atoms with E-state index in [4.69, 9.17) is 46.4 Å². The molecule has 1 spiro atoms. The fourth-order valence-electron chi connectivity index (χ4n) is 6.52. The Balaban J connectivity index is 1.76. The molecular weight excluding hydrogens is 624 g/mol. The highest BCUT2D eigenvalue weighted by Crippen LogP contribution is 2.61. The maximum atomic E-state index is 15.2. The summed E-state index contributed by atoms with van der Waals surface area (Å²) in [5.41, 5.74) is -0.622. The molecule has 3 aliphatic rings. The van der Waals surface area contributed by atoms with Gasteiger partial charge >= 0.3 is 0 Å². The minimum Gasteiger partial charge on any atom is -0.323 e. The minimum atomic E-state index is -3.30. The van der Waals surface area contributed by atoms with E-state index in [1.807, 2.05) is 20.8 Å². The van der Waals surface area contributed by atoms with Gasteiger partial charge < -0.3 is 10.2 Å². The van der Waals surface area contributed by atoms with E-state index in [0.29, 0.717) is 0 Å². The molecule has 3 amide bonds. The highest BCUT2D eigenvalue weighted by molar-refractivity contribution is 6.38. The normalized spacial score (nSPS) is 26.6. The molecule has 0 radical (unpaired) electrons. The first-order chi connectivity index (χ1) is 19.0. The molecule has 2 saturated heterocycles. The highest BCUT2D eigenvalue weighted by Gasteiger charge is 2.74. The topological polar surface area (TPSA) is 102 Å². The molecule has 4 unspecified atom stereocenters. The standard InChI is InChI=1S/C27H26Cl4F2N4O4/c1-25(2,3)10-36(15-5-12(28)4-13(29)6-15)23(39)19-18-9-26(32,33)11-37(18)27(20(19)22(38)35-41)16-7-14(30)8-17(31)21(16)34-24(27)40/h4-8,18-20,41H,9-11H2,1-3H3,(H,34,40)(H,35,38). The number of hydroxylamine groups is 1. The summed E-state index contributed by atoms with van der Waals surface area (Å²) in [7, 11) is 0. The van der Waals surface area contributed by atoms with Gasteiger partial charge in [0.1, 0.15) is 5.54 Å². The van der Waals surface area contributed by atoms with Crippen LogP contribution in [0.3, 0.4) is 0 Å².